The lowest BCUT2D eigenvalue weighted by molar-refractivity contribution is 0.411. The van der Waals surface area contributed by atoms with Crippen LogP contribution in [0.1, 0.15) is 6.42 Å². The molecular formula is C11H12BrNO3S. The zero-order valence-electron chi connectivity index (χ0n) is 9.23. The highest BCUT2D eigenvalue weighted by atomic mass is 79.9. The van der Waals surface area contributed by atoms with E-state index in [0.29, 0.717) is 16.6 Å². The number of sulfonamides is 1. The minimum atomic E-state index is -3.51. The Labute approximate surface area is 110 Å². The second-order valence-electron chi connectivity index (χ2n) is 3.15. The van der Waals surface area contributed by atoms with E-state index >= 15 is 0 Å². The molecule has 0 atom stereocenters. The molecule has 17 heavy (non-hydrogen) atoms. The molecule has 0 unspecified atom stereocenters. The molecule has 0 spiro atoms. The third-order valence-corrected chi connectivity index (χ3v) is 4.07. The van der Waals surface area contributed by atoms with Gasteiger partial charge in [-0.05, 0) is 34.1 Å². The first-order valence-corrected chi connectivity index (χ1v) is 7.05. The van der Waals surface area contributed by atoms with E-state index in [1.54, 1.807) is 6.07 Å². The van der Waals surface area contributed by atoms with E-state index in [1.807, 2.05) is 0 Å². The first-order valence-electron chi connectivity index (χ1n) is 4.78. The van der Waals surface area contributed by atoms with Crippen LogP contribution in [0, 0.1) is 12.3 Å². The maximum Gasteiger partial charge on any atom is 0.240 e. The fraction of sp³-hybridized carbons (Fsp3) is 0.273. The maximum atomic E-state index is 11.8. The van der Waals surface area contributed by atoms with Gasteiger partial charge in [0.05, 0.1) is 16.5 Å². The van der Waals surface area contributed by atoms with Crippen molar-refractivity contribution in [1.82, 2.24) is 4.72 Å². The van der Waals surface area contributed by atoms with Crippen molar-refractivity contribution in [2.45, 2.75) is 11.3 Å². The summed E-state index contributed by atoms with van der Waals surface area (Å²) in [6.45, 7) is 0.225. The lowest BCUT2D eigenvalue weighted by Gasteiger charge is -2.08. The molecule has 1 aromatic rings. The minimum absolute atomic E-state index is 0.169. The average molecular weight is 318 g/mol. The Morgan fingerprint density at radius 1 is 1.53 bits per heavy atom. The smallest absolute Gasteiger partial charge is 0.240 e. The monoisotopic (exact) mass is 317 g/mol. The van der Waals surface area contributed by atoms with Crippen LogP contribution >= 0.6 is 15.9 Å². The van der Waals surface area contributed by atoms with Gasteiger partial charge in [0.25, 0.3) is 0 Å². The van der Waals surface area contributed by atoms with Crippen LogP contribution in [-0.4, -0.2) is 22.1 Å². The van der Waals surface area contributed by atoms with Gasteiger partial charge in [-0.25, -0.2) is 13.1 Å². The van der Waals surface area contributed by atoms with E-state index in [4.69, 9.17) is 11.2 Å². The zero-order valence-corrected chi connectivity index (χ0v) is 11.6. The van der Waals surface area contributed by atoms with Gasteiger partial charge in [0, 0.05) is 13.0 Å². The molecule has 0 amide bonds. The number of nitrogens with one attached hydrogen (secondary N) is 1. The van der Waals surface area contributed by atoms with Crippen molar-refractivity contribution in [2.24, 2.45) is 0 Å². The fourth-order valence-corrected chi connectivity index (χ4v) is 2.91. The number of hydrogen-bond acceptors (Lipinski definition) is 3. The molecule has 0 aromatic heterocycles. The van der Waals surface area contributed by atoms with Gasteiger partial charge in [0.1, 0.15) is 5.75 Å². The summed E-state index contributed by atoms with van der Waals surface area (Å²) in [4.78, 5) is 0.169. The number of terminal acetylenes is 1. The number of methoxy groups -OCH3 is 1. The van der Waals surface area contributed by atoms with Crippen molar-refractivity contribution >= 4 is 26.0 Å². The highest BCUT2D eigenvalue weighted by molar-refractivity contribution is 9.10. The van der Waals surface area contributed by atoms with E-state index in [2.05, 4.69) is 26.6 Å². The van der Waals surface area contributed by atoms with Gasteiger partial charge in [-0.2, -0.15) is 0 Å². The summed E-state index contributed by atoms with van der Waals surface area (Å²) in [5, 5.41) is 0. The molecule has 6 heteroatoms. The van der Waals surface area contributed by atoms with E-state index in [1.165, 1.54) is 19.2 Å². The highest BCUT2D eigenvalue weighted by Crippen LogP contribution is 2.27. The molecule has 1 aromatic carbocycles. The van der Waals surface area contributed by atoms with E-state index in [0.717, 1.165) is 0 Å². The molecule has 0 saturated carbocycles. The summed E-state index contributed by atoms with van der Waals surface area (Å²) in [5.74, 6) is 2.94. The third-order valence-electron chi connectivity index (χ3n) is 1.99. The predicted molar refractivity (Wildman–Crippen MR) is 69.3 cm³/mol. The van der Waals surface area contributed by atoms with Crippen molar-refractivity contribution in [3.63, 3.8) is 0 Å². The molecule has 0 bridgehead atoms. The summed E-state index contributed by atoms with van der Waals surface area (Å²) >= 11 is 3.23. The van der Waals surface area contributed by atoms with E-state index < -0.39 is 10.0 Å². The molecule has 1 N–H and O–H groups in total. The van der Waals surface area contributed by atoms with Crippen molar-refractivity contribution in [3.05, 3.63) is 22.7 Å². The number of benzene rings is 1. The van der Waals surface area contributed by atoms with Gasteiger partial charge in [-0.1, -0.05) is 0 Å². The van der Waals surface area contributed by atoms with Crippen LogP contribution in [0.3, 0.4) is 0 Å². The average Bonchev–Trinajstić information content (AvgIpc) is 2.29. The summed E-state index contributed by atoms with van der Waals surface area (Å²) in [6, 6.07) is 4.54. The van der Waals surface area contributed by atoms with Crippen LogP contribution in [0.4, 0.5) is 0 Å². The molecule has 0 aliphatic heterocycles. The molecular weight excluding hydrogens is 306 g/mol. The first kappa shape index (κ1) is 14.0. The van der Waals surface area contributed by atoms with E-state index in [9.17, 15) is 8.42 Å². The Hall–Kier alpha value is -1.03. The van der Waals surface area contributed by atoms with Crippen LogP contribution in [0.2, 0.25) is 0 Å². The second kappa shape index (κ2) is 6.05. The Bertz CT molecular complexity index is 534. The fourth-order valence-electron chi connectivity index (χ4n) is 1.16. The van der Waals surface area contributed by atoms with Gasteiger partial charge in [-0.3, -0.25) is 0 Å². The summed E-state index contributed by atoms with van der Waals surface area (Å²) in [6.07, 6.45) is 5.41. The van der Waals surface area contributed by atoms with Crippen LogP contribution in [0.15, 0.2) is 27.6 Å². The van der Waals surface area contributed by atoms with Gasteiger partial charge >= 0.3 is 0 Å². The Morgan fingerprint density at radius 2 is 2.24 bits per heavy atom. The molecule has 0 radical (unpaired) electrons. The number of hydrogen-bond donors (Lipinski definition) is 1. The number of halogens is 1. The molecule has 0 fully saturated rings. The largest absolute Gasteiger partial charge is 0.496 e. The van der Waals surface area contributed by atoms with Gasteiger partial charge in [-0.15, -0.1) is 12.3 Å². The van der Waals surface area contributed by atoms with Crippen molar-refractivity contribution in [2.75, 3.05) is 13.7 Å². The molecule has 0 saturated heterocycles. The molecule has 4 nitrogen and oxygen atoms in total. The van der Waals surface area contributed by atoms with Crippen molar-refractivity contribution in [3.8, 4) is 18.1 Å². The standard InChI is InChI=1S/C11H12BrNO3S/c1-3-4-7-13-17(14,15)9-5-6-11(16-2)10(12)8-9/h1,5-6,8,13H,4,7H2,2H3. The van der Waals surface area contributed by atoms with Gasteiger partial charge < -0.3 is 4.74 Å². The molecule has 1 rings (SSSR count). The third kappa shape index (κ3) is 3.73. The lowest BCUT2D eigenvalue weighted by atomic mass is 10.3. The summed E-state index contributed by atoms with van der Waals surface area (Å²) in [5.41, 5.74) is 0. The maximum absolute atomic E-state index is 11.8. The van der Waals surface area contributed by atoms with E-state index in [-0.39, 0.29) is 11.4 Å². The van der Waals surface area contributed by atoms with Crippen molar-refractivity contribution < 1.29 is 13.2 Å². The van der Waals surface area contributed by atoms with Gasteiger partial charge in [0.15, 0.2) is 0 Å². The number of ether oxygens (including phenoxy) is 1. The Kier molecular flexibility index (Phi) is 5.00. The quantitative estimate of drug-likeness (QED) is 0.665. The molecule has 0 heterocycles. The predicted octanol–water partition coefficient (Wildman–Crippen LogP) is 1.76. The normalized spacial score (nSPS) is 10.9. The highest BCUT2D eigenvalue weighted by Gasteiger charge is 2.14. The van der Waals surface area contributed by atoms with Crippen LogP contribution in [-0.2, 0) is 10.0 Å². The molecule has 92 valence electrons. The number of rotatable bonds is 5. The zero-order chi connectivity index (χ0) is 12.9. The molecule has 0 aliphatic rings. The Balaban J connectivity index is 2.93. The van der Waals surface area contributed by atoms with Crippen LogP contribution in [0.25, 0.3) is 0 Å². The summed E-state index contributed by atoms with van der Waals surface area (Å²) < 4.78 is 31.6. The Morgan fingerprint density at radius 3 is 2.76 bits per heavy atom. The topological polar surface area (TPSA) is 55.4 Å². The van der Waals surface area contributed by atoms with Crippen LogP contribution in [0.5, 0.6) is 5.75 Å². The minimum Gasteiger partial charge on any atom is -0.496 e. The van der Waals surface area contributed by atoms with Crippen LogP contribution < -0.4 is 9.46 Å². The first-order chi connectivity index (χ1) is 8.01. The summed E-state index contributed by atoms with van der Waals surface area (Å²) in [7, 11) is -2.00. The van der Waals surface area contributed by atoms with Crippen molar-refractivity contribution in [1.29, 1.82) is 0 Å². The molecule has 0 aliphatic carbocycles. The SMILES string of the molecule is C#CCCNS(=O)(=O)c1ccc(OC)c(Br)c1. The second-order valence-corrected chi connectivity index (χ2v) is 5.77. The lowest BCUT2D eigenvalue weighted by Crippen LogP contribution is -2.24. The van der Waals surface area contributed by atoms with Gasteiger partial charge in [0.2, 0.25) is 10.0 Å².